The molecule has 3 aliphatic heterocycles. The van der Waals surface area contributed by atoms with E-state index < -0.39 is 0 Å². The van der Waals surface area contributed by atoms with E-state index in [1.807, 2.05) is 4.90 Å². The van der Waals surface area contributed by atoms with E-state index in [2.05, 4.69) is 10.2 Å². The van der Waals surface area contributed by atoms with Crippen molar-refractivity contribution in [2.45, 2.75) is 18.9 Å². The average Bonchev–Trinajstić information content (AvgIpc) is 2.57. The number of amides is 1. The van der Waals surface area contributed by atoms with Crippen molar-refractivity contribution in [3.63, 3.8) is 0 Å². The molecule has 0 aromatic rings. The molecule has 3 fully saturated rings. The molecule has 3 aliphatic rings. The Morgan fingerprint density at radius 2 is 1.81 bits per heavy atom. The summed E-state index contributed by atoms with van der Waals surface area (Å²) in [5.74, 6) is 0.981. The first kappa shape index (κ1) is 15.2. The van der Waals surface area contributed by atoms with Gasteiger partial charge in [-0.3, -0.25) is 9.69 Å². The van der Waals surface area contributed by atoms with Crippen LogP contribution in [0, 0.1) is 5.92 Å². The summed E-state index contributed by atoms with van der Waals surface area (Å²) >= 11 is 0. The zero-order chi connectivity index (χ0) is 14.5. The summed E-state index contributed by atoms with van der Waals surface area (Å²) in [7, 11) is 0. The maximum Gasteiger partial charge on any atom is 0.242 e. The van der Waals surface area contributed by atoms with E-state index in [1.54, 1.807) is 0 Å². The van der Waals surface area contributed by atoms with E-state index in [0.29, 0.717) is 13.2 Å². The van der Waals surface area contributed by atoms with Crippen LogP contribution in [-0.4, -0.2) is 87.4 Å². The smallest absolute Gasteiger partial charge is 0.242 e. The highest BCUT2D eigenvalue weighted by Gasteiger charge is 2.29. The lowest BCUT2D eigenvalue weighted by Gasteiger charge is -2.39. The lowest BCUT2D eigenvalue weighted by molar-refractivity contribution is -0.138. The number of nitrogens with one attached hydrogen (secondary N) is 1. The van der Waals surface area contributed by atoms with Gasteiger partial charge in [-0.15, -0.1) is 0 Å². The zero-order valence-corrected chi connectivity index (χ0v) is 12.8. The van der Waals surface area contributed by atoms with Crippen LogP contribution in [-0.2, 0) is 14.3 Å². The molecule has 0 bridgehead atoms. The highest BCUT2D eigenvalue weighted by molar-refractivity contribution is 5.82. The van der Waals surface area contributed by atoms with Crippen molar-refractivity contribution in [1.29, 1.82) is 0 Å². The number of nitrogens with zero attached hydrogens (tertiary/aromatic N) is 2. The van der Waals surface area contributed by atoms with Gasteiger partial charge in [0.25, 0.3) is 0 Å². The Morgan fingerprint density at radius 3 is 2.48 bits per heavy atom. The quantitative estimate of drug-likeness (QED) is 0.764. The number of carbonyl (C=O) groups is 1. The molecule has 1 amide bonds. The molecular formula is C15H27N3O3. The molecular weight excluding hydrogens is 270 g/mol. The summed E-state index contributed by atoms with van der Waals surface area (Å²) in [6.07, 6.45) is 2.37. The summed E-state index contributed by atoms with van der Waals surface area (Å²) in [4.78, 5) is 16.9. The van der Waals surface area contributed by atoms with Gasteiger partial charge < -0.3 is 19.7 Å². The summed E-state index contributed by atoms with van der Waals surface area (Å²) in [5, 5.41) is 3.25. The van der Waals surface area contributed by atoms with Gasteiger partial charge in [0.05, 0.1) is 13.2 Å². The molecule has 3 heterocycles. The molecule has 3 saturated heterocycles. The minimum absolute atomic E-state index is 0.138. The predicted octanol–water partition coefficient (Wildman–Crippen LogP) is -0.454. The Bertz CT molecular complexity index is 333. The van der Waals surface area contributed by atoms with Crippen LogP contribution < -0.4 is 5.32 Å². The first-order valence-corrected chi connectivity index (χ1v) is 8.23. The van der Waals surface area contributed by atoms with E-state index in [4.69, 9.17) is 9.47 Å². The Kier molecular flexibility index (Phi) is 5.46. The number of hydrogen-bond acceptors (Lipinski definition) is 5. The van der Waals surface area contributed by atoms with Crippen LogP contribution in [0.5, 0.6) is 0 Å². The van der Waals surface area contributed by atoms with Crippen molar-refractivity contribution < 1.29 is 14.3 Å². The molecule has 0 spiro atoms. The van der Waals surface area contributed by atoms with Crippen molar-refractivity contribution >= 4 is 5.91 Å². The molecule has 21 heavy (non-hydrogen) atoms. The molecule has 120 valence electrons. The van der Waals surface area contributed by atoms with Gasteiger partial charge in [-0.2, -0.15) is 0 Å². The number of rotatable bonds is 3. The Balaban J connectivity index is 1.40. The molecule has 6 heteroatoms. The highest BCUT2D eigenvalue weighted by atomic mass is 16.5. The van der Waals surface area contributed by atoms with Gasteiger partial charge in [0.15, 0.2) is 0 Å². The second-order valence-electron chi connectivity index (χ2n) is 6.26. The van der Waals surface area contributed by atoms with E-state index in [-0.39, 0.29) is 11.9 Å². The molecule has 6 nitrogen and oxygen atoms in total. The topological polar surface area (TPSA) is 54.0 Å². The van der Waals surface area contributed by atoms with Gasteiger partial charge >= 0.3 is 0 Å². The normalized spacial score (nSPS) is 29.5. The maximum absolute atomic E-state index is 12.4. The Hall–Kier alpha value is -0.690. The molecule has 0 radical (unpaired) electrons. The maximum atomic E-state index is 12.4. The third-order valence-corrected chi connectivity index (χ3v) is 4.76. The largest absolute Gasteiger partial charge is 0.381 e. The van der Waals surface area contributed by atoms with Crippen LogP contribution in [0.4, 0.5) is 0 Å². The molecule has 0 aliphatic carbocycles. The fraction of sp³-hybridized carbons (Fsp3) is 0.933. The van der Waals surface area contributed by atoms with Crippen molar-refractivity contribution in [2.75, 3.05) is 65.7 Å². The second kappa shape index (κ2) is 7.54. The molecule has 3 rings (SSSR count). The first-order chi connectivity index (χ1) is 10.3. The lowest BCUT2D eigenvalue weighted by atomic mass is 9.99. The van der Waals surface area contributed by atoms with E-state index in [9.17, 15) is 4.79 Å². The van der Waals surface area contributed by atoms with Crippen molar-refractivity contribution in [3.8, 4) is 0 Å². The Morgan fingerprint density at radius 1 is 1.05 bits per heavy atom. The summed E-state index contributed by atoms with van der Waals surface area (Å²) < 4.78 is 10.8. The monoisotopic (exact) mass is 297 g/mol. The number of ether oxygens (including phenoxy) is 2. The van der Waals surface area contributed by atoms with Crippen molar-refractivity contribution in [1.82, 2.24) is 15.1 Å². The van der Waals surface area contributed by atoms with Crippen molar-refractivity contribution in [3.05, 3.63) is 0 Å². The van der Waals surface area contributed by atoms with Crippen LogP contribution in [0.3, 0.4) is 0 Å². The number of morpholine rings is 1. The number of hydrogen-bond donors (Lipinski definition) is 1. The predicted molar refractivity (Wildman–Crippen MR) is 79.2 cm³/mol. The highest BCUT2D eigenvalue weighted by Crippen LogP contribution is 2.17. The van der Waals surface area contributed by atoms with Crippen LogP contribution in [0.25, 0.3) is 0 Å². The third-order valence-electron chi connectivity index (χ3n) is 4.76. The molecule has 0 aromatic carbocycles. The van der Waals surface area contributed by atoms with Crippen LogP contribution in [0.15, 0.2) is 0 Å². The number of piperazine rings is 1. The molecule has 1 unspecified atom stereocenters. The first-order valence-electron chi connectivity index (χ1n) is 8.23. The fourth-order valence-electron chi connectivity index (χ4n) is 3.39. The average molecular weight is 297 g/mol. The van der Waals surface area contributed by atoms with Gasteiger partial charge in [0, 0.05) is 52.5 Å². The van der Waals surface area contributed by atoms with E-state index >= 15 is 0 Å². The molecule has 0 aromatic heterocycles. The second-order valence-corrected chi connectivity index (χ2v) is 6.26. The minimum atomic E-state index is -0.138. The molecule has 1 atom stereocenters. The lowest BCUT2D eigenvalue weighted by Crippen LogP contribution is -2.57. The summed E-state index contributed by atoms with van der Waals surface area (Å²) in [6, 6.07) is -0.138. The van der Waals surface area contributed by atoms with Crippen molar-refractivity contribution in [2.24, 2.45) is 5.92 Å². The van der Waals surface area contributed by atoms with Crippen LogP contribution in [0.1, 0.15) is 12.8 Å². The molecule has 0 saturated carbocycles. The third kappa shape index (κ3) is 4.16. The SMILES string of the molecule is O=C(C1COCCN1)N1CCN(CC2CCOCC2)CC1. The molecule has 1 N–H and O–H groups in total. The number of carbonyl (C=O) groups excluding carboxylic acids is 1. The summed E-state index contributed by atoms with van der Waals surface area (Å²) in [5.41, 5.74) is 0. The van der Waals surface area contributed by atoms with Crippen LogP contribution >= 0.6 is 0 Å². The minimum Gasteiger partial charge on any atom is -0.381 e. The zero-order valence-electron chi connectivity index (χ0n) is 12.8. The standard InChI is InChI=1S/C15H27N3O3/c19-15(14-12-21-10-3-16-14)18-6-4-17(5-7-18)11-13-1-8-20-9-2-13/h13-14,16H,1-12H2. The van der Waals surface area contributed by atoms with E-state index in [1.165, 1.54) is 12.8 Å². The Labute approximate surface area is 126 Å². The van der Waals surface area contributed by atoms with E-state index in [0.717, 1.165) is 58.4 Å². The van der Waals surface area contributed by atoms with Gasteiger partial charge in [-0.25, -0.2) is 0 Å². The van der Waals surface area contributed by atoms with Gasteiger partial charge in [0.1, 0.15) is 6.04 Å². The van der Waals surface area contributed by atoms with Gasteiger partial charge in [0.2, 0.25) is 5.91 Å². The van der Waals surface area contributed by atoms with Gasteiger partial charge in [-0.1, -0.05) is 0 Å². The fourth-order valence-corrected chi connectivity index (χ4v) is 3.39. The van der Waals surface area contributed by atoms with Gasteiger partial charge in [-0.05, 0) is 18.8 Å². The van der Waals surface area contributed by atoms with Crippen LogP contribution in [0.2, 0.25) is 0 Å². The summed E-state index contributed by atoms with van der Waals surface area (Å²) in [6.45, 7) is 8.68.